The minimum Gasteiger partial charge on any atom is -0.491 e. The van der Waals surface area contributed by atoms with E-state index in [1.54, 1.807) is 6.92 Å². The van der Waals surface area contributed by atoms with Crippen LogP contribution in [0.1, 0.15) is 50.7 Å². The van der Waals surface area contributed by atoms with Gasteiger partial charge in [0.2, 0.25) is 0 Å². The lowest BCUT2D eigenvalue weighted by atomic mass is 10.0. The molecule has 0 saturated heterocycles. The van der Waals surface area contributed by atoms with Crippen molar-refractivity contribution in [2.75, 3.05) is 6.61 Å². The Morgan fingerprint density at radius 2 is 2.00 bits per heavy atom. The van der Waals surface area contributed by atoms with Crippen LogP contribution in [0.5, 0.6) is 5.75 Å². The maximum absolute atomic E-state index is 9.98. The average Bonchev–Trinajstić information content (AvgIpc) is 2.89. The number of benzene rings is 1. The normalized spacial score (nSPS) is 19.3. The van der Waals surface area contributed by atoms with Crippen LogP contribution in [-0.2, 0) is 0 Å². The zero-order chi connectivity index (χ0) is 13.7. The van der Waals surface area contributed by atoms with Gasteiger partial charge in [0.1, 0.15) is 12.4 Å². The largest absolute Gasteiger partial charge is 0.491 e. The van der Waals surface area contributed by atoms with Crippen molar-refractivity contribution < 1.29 is 14.9 Å². The molecule has 1 saturated carbocycles. The number of aliphatic hydroxyl groups excluding tert-OH is 2. The Morgan fingerprint density at radius 3 is 2.68 bits per heavy atom. The van der Waals surface area contributed by atoms with E-state index in [9.17, 15) is 10.2 Å². The van der Waals surface area contributed by atoms with Gasteiger partial charge in [-0.2, -0.15) is 0 Å². The average molecular weight is 264 g/mol. The first-order chi connectivity index (χ1) is 9.15. The maximum Gasteiger partial charge on any atom is 0.119 e. The van der Waals surface area contributed by atoms with Crippen LogP contribution in [0.2, 0.25) is 0 Å². The van der Waals surface area contributed by atoms with E-state index in [1.165, 1.54) is 25.7 Å². The van der Waals surface area contributed by atoms with Gasteiger partial charge < -0.3 is 14.9 Å². The van der Waals surface area contributed by atoms with Crippen molar-refractivity contribution in [2.24, 2.45) is 5.92 Å². The van der Waals surface area contributed by atoms with Crippen LogP contribution in [0.3, 0.4) is 0 Å². The van der Waals surface area contributed by atoms with Crippen LogP contribution < -0.4 is 4.74 Å². The second kappa shape index (κ2) is 6.92. The predicted octanol–water partition coefficient (Wildman–Crippen LogP) is 3.06. The fourth-order valence-electron chi connectivity index (χ4n) is 2.76. The van der Waals surface area contributed by atoms with Gasteiger partial charge in [-0.3, -0.25) is 0 Å². The van der Waals surface area contributed by atoms with Gasteiger partial charge >= 0.3 is 0 Å². The minimum atomic E-state index is -0.494. The van der Waals surface area contributed by atoms with E-state index >= 15 is 0 Å². The van der Waals surface area contributed by atoms with Gasteiger partial charge in [0.05, 0.1) is 12.2 Å². The highest BCUT2D eigenvalue weighted by molar-refractivity contribution is 5.29. The molecule has 106 valence electrons. The minimum absolute atomic E-state index is 0.333. The first-order valence-electron chi connectivity index (χ1n) is 7.24. The first kappa shape index (κ1) is 14.4. The van der Waals surface area contributed by atoms with Crippen molar-refractivity contribution in [3.8, 4) is 5.75 Å². The van der Waals surface area contributed by atoms with E-state index in [2.05, 4.69) is 0 Å². The molecule has 0 aliphatic heterocycles. The number of aliphatic hydroxyl groups is 2. The van der Waals surface area contributed by atoms with E-state index < -0.39 is 12.2 Å². The Hall–Kier alpha value is -1.06. The second-order valence-corrected chi connectivity index (χ2v) is 5.60. The number of hydrogen-bond acceptors (Lipinski definition) is 3. The summed E-state index contributed by atoms with van der Waals surface area (Å²) in [6, 6.07) is 7.41. The lowest BCUT2D eigenvalue weighted by molar-refractivity contribution is 0.0854. The summed E-state index contributed by atoms with van der Waals surface area (Å²) in [6.07, 6.45) is 5.05. The van der Waals surface area contributed by atoms with Gasteiger partial charge in [0.15, 0.2) is 0 Å². The third-order valence-electron chi connectivity index (χ3n) is 3.86. The highest BCUT2D eigenvalue weighted by Crippen LogP contribution is 2.28. The molecule has 2 N–H and O–H groups in total. The topological polar surface area (TPSA) is 49.7 Å². The summed E-state index contributed by atoms with van der Waals surface area (Å²) < 4.78 is 5.61. The summed E-state index contributed by atoms with van der Waals surface area (Å²) in [4.78, 5) is 0. The van der Waals surface area contributed by atoms with Crippen LogP contribution in [0.4, 0.5) is 0 Å². The zero-order valence-electron chi connectivity index (χ0n) is 11.6. The van der Waals surface area contributed by atoms with E-state index in [1.807, 2.05) is 24.3 Å². The highest BCUT2D eigenvalue weighted by atomic mass is 16.5. The van der Waals surface area contributed by atoms with Crippen molar-refractivity contribution in [1.29, 1.82) is 0 Å². The second-order valence-electron chi connectivity index (χ2n) is 5.60. The lowest BCUT2D eigenvalue weighted by Crippen LogP contribution is -2.20. The molecular weight excluding hydrogens is 240 g/mol. The van der Waals surface area contributed by atoms with E-state index in [0.29, 0.717) is 18.3 Å². The molecule has 19 heavy (non-hydrogen) atoms. The number of rotatable bonds is 6. The van der Waals surface area contributed by atoms with Crippen molar-refractivity contribution in [3.63, 3.8) is 0 Å². The van der Waals surface area contributed by atoms with Gasteiger partial charge in [-0.05, 0) is 37.0 Å². The molecule has 3 nitrogen and oxygen atoms in total. The van der Waals surface area contributed by atoms with Crippen LogP contribution in [0.15, 0.2) is 24.3 Å². The van der Waals surface area contributed by atoms with Crippen molar-refractivity contribution in [3.05, 3.63) is 29.8 Å². The Labute approximate surface area is 115 Å². The molecule has 1 fully saturated rings. The Bertz CT molecular complexity index is 383. The molecule has 2 rings (SSSR count). The van der Waals surface area contributed by atoms with Gasteiger partial charge in [-0.1, -0.05) is 37.8 Å². The monoisotopic (exact) mass is 264 g/mol. The molecule has 1 aliphatic carbocycles. The van der Waals surface area contributed by atoms with E-state index in [-0.39, 0.29) is 0 Å². The maximum atomic E-state index is 9.98. The molecule has 0 radical (unpaired) electrons. The molecule has 0 aromatic heterocycles. The summed E-state index contributed by atoms with van der Waals surface area (Å²) in [6.45, 7) is 2.06. The molecule has 3 heteroatoms. The Balaban J connectivity index is 1.79. The molecule has 1 aromatic rings. The molecular formula is C16H24O3. The molecule has 0 heterocycles. The van der Waals surface area contributed by atoms with Crippen molar-refractivity contribution >= 4 is 0 Å². The van der Waals surface area contributed by atoms with Crippen LogP contribution in [-0.4, -0.2) is 22.9 Å². The molecule has 1 unspecified atom stereocenters. The Kier molecular flexibility index (Phi) is 5.23. The first-order valence-corrected chi connectivity index (χ1v) is 7.24. The predicted molar refractivity (Wildman–Crippen MR) is 75.2 cm³/mol. The molecule has 0 spiro atoms. The van der Waals surface area contributed by atoms with Crippen LogP contribution in [0.25, 0.3) is 0 Å². The fourth-order valence-corrected chi connectivity index (χ4v) is 2.76. The van der Waals surface area contributed by atoms with E-state index in [0.717, 1.165) is 12.0 Å². The molecule has 0 bridgehead atoms. The third-order valence-corrected chi connectivity index (χ3v) is 3.86. The summed E-state index contributed by atoms with van der Waals surface area (Å²) in [5, 5.41) is 19.5. The van der Waals surface area contributed by atoms with Crippen LogP contribution in [0, 0.1) is 5.92 Å². The summed E-state index contributed by atoms with van der Waals surface area (Å²) in [5.74, 6) is 1.38. The lowest BCUT2D eigenvalue weighted by Gasteiger charge is -2.16. The Morgan fingerprint density at radius 1 is 1.26 bits per heavy atom. The van der Waals surface area contributed by atoms with Gasteiger partial charge in [0, 0.05) is 0 Å². The summed E-state index contributed by atoms with van der Waals surface area (Å²) >= 11 is 0. The molecule has 0 amide bonds. The third kappa shape index (κ3) is 4.51. The van der Waals surface area contributed by atoms with Crippen molar-refractivity contribution in [2.45, 2.75) is 51.2 Å². The van der Waals surface area contributed by atoms with E-state index in [4.69, 9.17) is 4.74 Å². The smallest absolute Gasteiger partial charge is 0.119 e. The summed E-state index contributed by atoms with van der Waals surface area (Å²) in [7, 11) is 0. The quantitative estimate of drug-likeness (QED) is 0.830. The summed E-state index contributed by atoms with van der Waals surface area (Å²) in [5.41, 5.74) is 0.836. The van der Waals surface area contributed by atoms with Gasteiger partial charge in [-0.15, -0.1) is 0 Å². The van der Waals surface area contributed by atoms with Crippen molar-refractivity contribution in [1.82, 2.24) is 0 Å². The van der Waals surface area contributed by atoms with Gasteiger partial charge in [0.25, 0.3) is 0 Å². The fraction of sp³-hybridized carbons (Fsp3) is 0.625. The highest BCUT2D eigenvalue weighted by Gasteiger charge is 2.19. The molecule has 2 atom stereocenters. The SMILES string of the molecule is C[C@@H](O)c1cccc(OCC(O)CC2CCCC2)c1. The molecule has 1 aromatic carbocycles. The van der Waals surface area contributed by atoms with Crippen LogP contribution >= 0.6 is 0 Å². The number of hydrogen-bond donors (Lipinski definition) is 2. The number of ether oxygens (including phenoxy) is 1. The standard InChI is InChI=1S/C16H24O3/c1-12(17)14-7-4-8-16(10-14)19-11-15(18)9-13-5-2-3-6-13/h4,7-8,10,12-13,15,17-18H,2-3,5-6,9,11H2,1H3/t12-,15?/m1/s1. The zero-order valence-corrected chi connectivity index (χ0v) is 11.6. The molecule has 1 aliphatic rings. The van der Waals surface area contributed by atoms with Gasteiger partial charge in [-0.25, -0.2) is 0 Å².